The minimum absolute atomic E-state index is 0.0589. The lowest BCUT2D eigenvalue weighted by molar-refractivity contribution is -0.137. The van der Waals surface area contributed by atoms with Crippen LogP contribution in [0, 0.1) is 0 Å². The van der Waals surface area contributed by atoms with Crippen LogP contribution >= 0.6 is 23.8 Å². The lowest BCUT2D eigenvalue weighted by Crippen LogP contribution is -2.51. The van der Waals surface area contributed by atoms with Crippen LogP contribution in [-0.2, 0) is 11.0 Å². The summed E-state index contributed by atoms with van der Waals surface area (Å²) in [6.07, 6.45) is -4.58. The Hall–Kier alpha value is -2.36. The third-order valence-corrected chi connectivity index (χ3v) is 5.30. The van der Waals surface area contributed by atoms with Gasteiger partial charge in [0.2, 0.25) is 5.91 Å². The van der Waals surface area contributed by atoms with E-state index in [0.29, 0.717) is 31.3 Å². The highest BCUT2D eigenvalue weighted by molar-refractivity contribution is 7.80. The van der Waals surface area contributed by atoms with Gasteiger partial charge in [0.15, 0.2) is 5.11 Å². The number of amides is 1. The van der Waals surface area contributed by atoms with Crippen LogP contribution in [0.3, 0.4) is 0 Å². The van der Waals surface area contributed by atoms with Gasteiger partial charge < -0.3 is 15.5 Å². The number of thiocarbonyl (C=S) groups is 1. The quantitative estimate of drug-likeness (QED) is 0.671. The number of para-hydroxylation sites is 1. The third-order valence-electron chi connectivity index (χ3n) is 4.61. The molecule has 0 bridgehead atoms. The van der Waals surface area contributed by atoms with Gasteiger partial charge in [0, 0.05) is 37.6 Å². The third kappa shape index (κ3) is 6.07. The molecule has 30 heavy (non-hydrogen) atoms. The molecule has 0 radical (unpaired) electrons. The summed E-state index contributed by atoms with van der Waals surface area (Å²) in [7, 11) is 0. The number of benzene rings is 2. The summed E-state index contributed by atoms with van der Waals surface area (Å²) in [6, 6.07) is 12.9. The van der Waals surface area contributed by atoms with Crippen LogP contribution in [0.25, 0.3) is 0 Å². The van der Waals surface area contributed by atoms with E-state index in [-0.39, 0.29) is 18.1 Å². The zero-order valence-corrected chi connectivity index (χ0v) is 17.4. The van der Waals surface area contributed by atoms with Crippen LogP contribution in [0.15, 0.2) is 48.5 Å². The summed E-state index contributed by atoms with van der Waals surface area (Å²) in [5.41, 5.74) is -0.0101. The van der Waals surface area contributed by atoms with Crippen molar-refractivity contribution < 1.29 is 18.0 Å². The van der Waals surface area contributed by atoms with Crippen LogP contribution < -0.4 is 10.6 Å². The molecular formula is C20H20ClF3N4OS. The Morgan fingerprint density at radius 1 is 1.00 bits per heavy atom. The Kier molecular flexibility index (Phi) is 7.17. The number of halogens is 4. The Morgan fingerprint density at radius 3 is 2.30 bits per heavy atom. The Balaban J connectivity index is 1.48. The zero-order chi connectivity index (χ0) is 21.7. The number of nitrogens with zero attached hydrogens (tertiary/aromatic N) is 2. The molecule has 10 heteroatoms. The van der Waals surface area contributed by atoms with E-state index in [1.807, 2.05) is 40.1 Å². The van der Waals surface area contributed by atoms with Crippen LogP contribution in [0.4, 0.5) is 24.5 Å². The fraction of sp³-hybridized carbons (Fsp3) is 0.300. The van der Waals surface area contributed by atoms with Gasteiger partial charge in [-0.05, 0) is 42.5 Å². The molecule has 160 valence electrons. The average molecular weight is 457 g/mol. The summed E-state index contributed by atoms with van der Waals surface area (Å²) in [4.78, 5) is 16.2. The highest BCUT2D eigenvalue weighted by Crippen LogP contribution is 2.36. The lowest BCUT2D eigenvalue weighted by Gasteiger charge is -2.35. The van der Waals surface area contributed by atoms with Gasteiger partial charge in [-0.15, -0.1) is 0 Å². The van der Waals surface area contributed by atoms with E-state index in [9.17, 15) is 18.0 Å². The first-order chi connectivity index (χ1) is 14.2. The Morgan fingerprint density at radius 2 is 1.67 bits per heavy atom. The predicted molar refractivity (Wildman–Crippen MR) is 116 cm³/mol. The number of carbonyl (C=O) groups excluding carboxylic acids is 1. The zero-order valence-electron chi connectivity index (χ0n) is 15.9. The number of hydrogen-bond acceptors (Lipinski definition) is 3. The molecule has 1 saturated heterocycles. The summed E-state index contributed by atoms with van der Waals surface area (Å²) in [5.74, 6) is -0.385. The van der Waals surface area contributed by atoms with Crippen molar-refractivity contribution >= 4 is 46.2 Å². The van der Waals surface area contributed by atoms with Crippen molar-refractivity contribution in [3.05, 3.63) is 59.1 Å². The van der Waals surface area contributed by atoms with E-state index in [4.69, 9.17) is 23.8 Å². The van der Waals surface area contributed by atoms with Crippen molar-refractivity contribution in [3.8, 4) is 0 Å². The van der Waals surface area contributed by atoms with E-state index in [1.54, 1.807) is 0 Å². The van der Waals surface area contributed by atoms with Gasteiger partial charge in [0.25, 0.3) is 0 Å². The molecule has 1 aliphatic heterocycles. The smallest absolute Gasteiger partial charge is 0.346 e. The normalized spacial score (nSPS) is 15.0. The number of anilines is 2. The van der Waals surface area contributed by atoms with E-state index < -0.39 is 16.8 Å². The number of piperazine rings is 1. The maximum Gasteiger partial charge on any atom is 0.417 e. The number of carbonyl (C=O) groups is 1. The largest absolute Gasteiger partial charge is 0.417 e. The average Bonchev–Trinajstić information content (AvgIpc) is 2.70. The number of nitrogens with one attached hydrogen (secondary N) is 2. The molecule has 2 aromatic rings. The first-order valence-electron chi connectivity index (χ1n) is 9.22. The van der Waals surface area contributed by atoms with E-state index in [1.165, 1.54) is 6.07 Å². The Bertz CT molecular complexity index is 903. The van der Waals surface area contributed by atoms with Crippen LogP contribution in [0.5, 0.6) is 0 Å². The minimum atomic E-state index is -4.58. The SMILES string of the molecule is O=C(CN1CCN(C(=S)Nc2ccccc2)CC1)Nc1ccc(Cl)c(C(F)(F)F)c1. The van der Waals surface area contributed by atoms with Crippen molar-refractivity contribution in [2.75, 3.05) is 43.4 Å². The molecule has 0 aliphatic carbocycles. The van der Waals surface area contributed by atoms with Gasteiger partial charge >= 0.3 is 6.18 Å². The van der Waals surface area contributed by atoms with Crippen molar-refractivity contribution in [2.45, 2.75) is 6.18 Å². The van der Waals surface area contributed by atoms with Gasteiger partial charge in [-0.1, -0.05) is 29.8 Å². The molecule has 1 fully saturated rings. The van der Waals surface area contributed by atoms with Gasteiger partial charge in [0.05, 0.1) is 17.1 Å². The van der Waals surface area contributed by atoms with Crippen molar-refractivity contribution in [2.24, 2.45) is 0 Å². The highest BCUT2D eigenvalue weighted by Gasteiger charge is 2.33. The van der Waals surface area contributed by atoms with Crippen LogP contribution in [-0.4, -0.2) is 53.5 Å². The van der Waals surface area contributed by atoms with Crippen LogP contribution in [0.1, 0.15) is 5.56 Å². The maximum absolute atomic E-state index is 13.0. The number of alkyl halides is 3. The minimum Gasteiger partial charge on any atom is -0.346 e. The van der Waals surface area contributed by atoms with Gasteiger partial charge in [-0.3, -0.25) is 9.69 Å². The lowest BCUT2D eigenvalue weighted by atomic mass is 10.2. The molecule has 1 heterocycles. The van der Waals surface area contributed by atoms with Crippen molar-refractivity contribution in [1.82, 2.24) is 9.80 Å². The molecule has 1 aliphatic rings. The highest BCUT2D eigenvalue weighted by atomic mass is 35.5. The summed E-state index contributed by atoms with van der Waals surface area (Å²) in [5, 5.41) is 5.89. The van der Waals surface area contributed by atoms with Gasteiger partial charge in [-0.25, -0.2) is 0 Å². The molecule has 0 spiro atoms. The summed E-state index contributed by atoms with van der Waals surface area (Å²) < 4.78 is 38.9. The maximum atomic E-state index is 13.0. The van der Waals surface area contributed by atoms with Gasteiger partial charge in [-0.2, -0.15) is 13.2 Å². The van der Waals surface area contributed by atoms with Crippen molar-refractivity contribution in [1.29, 1.82) is 0 Å². The molecule has 1 amide bonds. The second-order valence-electron chi connectivity index (χ2n) is 6.80. The molecule has 0 unspecified atom stereocenters. The molecule has 0 saturated carbocycles. The van der Waals surface area contributed by atoms with E-state index in [2.05, 4.69) is 10.6 Å². The van der Waals surface area contributed by atoms with Crippen LogP contribution in [0.2, 0.25) is 5.02 Å². The molecule has 0 atom stereocenters. The van der Waals surface area contributed by atoms with Crippen molar-refractivity contribution in [3.63, 3.8) is 0 Å². The fourth-order valence-electron chi connectivity index (χ4n) is 3.06. The second kappa shape index (κ2) is 9.63. The standard InChI is InChI=1S/C20H20ClF3N4OS/c21-17-7-6-15(12-16(17)20(22,23)24)25-18(29)13-27-8-10-28(11-9-27)19(30)26-14-4-2-1-3-5-14/h1-7,12H,8-11,13H2,(H,25,29)(H,26,30). The molecule has 5 nitrogen and oxygen atoms in total. The topological polar surface area (TPSA) is 47.6 Å². The van der Waals surface area contributed by atoms with Gasteiger partial charge in [0.1, 0.15) is 0 Å². The monoisotopic (exact) mass is 456 g/mol. The van der Waals surface area contributed by atoms with E-state index in [0.717, 1.165) is 17.8 Å². The molecule has 2 N–H and O–H groups in total. The molecule has 0 aromatic heterocycles. The number of rotatable bonds is 4. The number of hydrogen-bond donors (Lipinski definition) is 2. The Labute approximate surface area is 182 Å². The first-order valence-corrected chi connectivity index (χ1v) is 10.0. The summed E-state index contributed by atoms with van der Waals surface area (Å²) >= 11 is 11.0. The first kappa shape index (κ1) is 22.3. The fourth-order valence-corrected chi connectivity index (χ4v) is 3.58. The van der Waals surface area contributed by atoms with E-state index >= 15 is 0 Å². The molecular weight excluding hydrogens is 437 g/mol. The molecule has 3 rings (SSSR count). The molecule has 2 aromatic carbocycles. The summed E-state index contributed by atoms with van der Waals surface area (Å²) in [6.45, 7) is 2.59. The predicted octanol–water partition coefficient (Wildman–Crippen LogP) is 4.31. The second-order valence-corrected chi connectivity index (χ2v) is 7.59.